The highest BCUT2D eigenvalue weighted by Crippen LogP contribution is 2.60. The van der Waals surface area contributed by atoms with Crippen LogP contribution in [0, 0.1) is 18.8 Å². The molecule has 2 saturated carbocycles. The summed E-state index contributed by atoms with van der Waals surface area (Å²) in [7, 11) is 0. The van der Waals surface area contributed by atoms with Gasteiger partial charge in [0.1, 0.15) is 4.87 Å². The maximum atomic E-state index is 4.97. The summed E-state index contributed by atoms with van der Waals surface area (Å²) >= 11 is 2.06. The second-order valence-corrected chi connectivity index (χ2v) is 8.28. The van der Waals surface area contributed by atoms with Gasteiger partial charge in [0, 0.05) is 5.75 Å². The molecule has 2 aliphatic carbocycles. The zero-order chi connectivity index (χ0) is 15.6. The highest BCUT2D eigenvalue weighted by atomic mass is 32.2. The van der Waals surface area contributed by atoms with Crippen LogP contribution in [0.4, 0.5) is 0 Å². The van der Waals surface area contributed by atoms with Crippen LogP contribution < -0.4 is 0 Å². The van der Waals surface area contributed by atoms with Gasteiger partial charge in [-0.25, -0.2) is 0 Å². The molecule has 0 aromatic heterocycles. The van der Waals surface area contributed by atoms with E-state index in [-0.39, 0.29) is 4.87 Å². The first kappa shape index (κ1) is 16.0. The first-order valence-electron chi connectivity index (χ1n) is 8.75. The Balaban J connectivity index is 1.73. The second-order valence-electron chi connectivity index (χ2n) is 7.05. The topological polar surface area (TPSA) is 24.7 Å². The molecule has 2 fully saturated rings. The molecule has 0 aliphatic heterocycles. The molecule has 1 aromatic rings. The van der Waals surface area contributed by atoms with E-state index in [1.54, 1.807) is 0 Å². The molecule has 1 unspecified atom stereocenters. The lowest BCUT2D eigenvalue weighted by Gasteiger charge is -2.29. The van der Waals surface area contributed by atoms with E-state index in [1.165, 1.54) is 36.8 Å². The molecule has 0 bridgehead atoms. The summed E-state index contributed by atoms with van der Waals surface area (Å²) in [4.78, 5) is 0.0777. The Bertz CT molecular complexity index is 503. The fourth-order valence-electron chi connectivity index (χ4n) is 2.91. The first-order chi connectivity index (χ1) is 10.6. The molecule has 0 radical (unpaired) electrons. The third kappa shape index (κ3) is 3.73. The van der Waals surface area contributed by atoms with E-state index in [0.29, 0.717) is 6.04 Å². The van der Waals surface area contributed by atoms with Crippen LogP contribution in [0.5, 0.6) is 0 Å². The summed E-state index contributed by atoms with van der Waals surface area (Å²) < 4.78 is 0. The van der Waals surface area contributed by atoms with Crippen molar-refractivity contribution in [1.29, 1.82) is 0 Å². The molecular weight excluding hydrogens is 288 g/mol. The van der Waals surface area contributed by atoms with Crippen LogP contribution >= 0.6 is 11.8 Å². The van der Waals surface area contributed by atoms with E-state index < -0.39 is 0 Å². The van der Waals surface area contributed by atoms with E-state index in [1.807, 2.05) is 0 Å². The van der Waals surface area contributed by atoms with Crippen molar-refractivity contribution in [2.24, 2.45) is 22.1 Å². The average Bonchev–Trinajstić information content (AvgIpc) is 3.40. The summed E-state index contributed by atoms with van der Waals surface area (Å²) in [6.07, 6.45) is 6.46. The molecule has 0 heterocycles. The maximum Gasteiger partial charge on any atom is 0.132 e. The highest BCUT2D eigenvalue weighted by Gasteiger charge is 2.55. The lowest BCUT2D eigenvalue weighted by molar-refractivity contribution is 0.441. The number of aryl methyl sites for hydroxylation is 1. The van der Waals surface area contributed by atoms with E-state index >= 15 is 0 Å². The minimum absolute atomic E-state index is 0.0777. The number of nitrogens with zero attached hydrogens (tertiary/aromatic N) is 2. The van der Waals surface area contributed by atoms with Crippen LogP contribution in [-0.2, 0) is 5.75 Å². The molecule has 2 nitrogen and oxygen atoms in total. The van der Waals surface area contributed by atoms with Gasteiger partial charge in [0.05, 0.1) is 6.04 Å². The number of rotatable bonds is 8. The predicted octanol–water partition coefficient (Wildman–Crippen LogP) is 6.00. The fraction of sp³-hybridized carbons (Fsp3) is 0.684. The quantitative estimate of drug-likeness (QED) is 0.540. The van der Waals surface area contributed by atoms with Crippen molar-refractivity contribution in [3.63, 3.8) is 0 Å². The van der Waals surface area contributed by atoms with Gasteiger partial charge in [-0.3, -0.25) is 0 Å². The van der Waals surface area contributed by atoms with E-state index in [4.69, 9.17) is 5.11 Å². The largest absolute Gasteiger partial charge is 0.190 e. The fourth-order valence-corrected chi connectivity index (χ4v) is 4.55. The lowest BCUT2D eigenvalue weighted by Crippen LogP contribution is -2.28. The van der Waals surface area contributed by atoms with Crippen molar-refractivity contribution in [1.82, 2.24) is 0 Å². The Morgan fingerprint density at radius 1 is 1.14 bits per heavy atom. The molecule has 3 heteroatoms. The molecule has 0 N–H and O–H groups in total. The Morgan fingerprint density at radius 3 is 2.23 bits per heavy atom. The van der Waals surface area contributed by atoms with Crippen LogP contribution in [0.15, 0.2) is 34.5 Å². The standard InChI is InChI=1S/C19H28N2S/c1-4-15(3)20-21-19(17-9-10-17,18-11-12-18)22-13-16-7-5-14(2)6-8-16/h5-8,15,17-18H,4,9-13H2,1-3H3. The van der Waals surface area contributed by atoms with Gasteiger partial charge >= 0.3 is 0 Å². The van der Waals surface area contributed by atoms with Crippen LogP contribution in [0.3, 0.4) is 0 Å². The maximum absolute atomic E-state index is 4.97. The van der Waals surface area contributed by atoms with Crippen molar-refractivity contribution in [3.05, 3.63) is 35.4 Å². The predicted molar refractivity (Wildman–Crippen MR) is 95.3 cm³/mol. The molecule has 2 aliphatic rings. The third-order valence-electron chi connectivity index (χ3n) is 4.92. The molecule has 1 aromatic carbocycles. The Hall–Kier alpha value is -0.830. The minimum atomic E-state index is 0.0777. The second kappa shape index (κ2) is 6.74. The van der Waals surface area contributed by atoms with Gasteiger partial charge in [0.15, 0.2) is 0 Å². The first-order valence-corrected chi connectivity index (χ1v) is 9.74. The zero-order valence-electron chi connectivity index (χ0n) is 14.1. The van der Waals surface area contributed by atoms with Crippen molar-refractivity contribution in [2.75, 3.05) is 0 Å². The average molecular weight is 317 g/mol. The molecule has 1 atom stereocenters. The van der Waals surface area contributed by atoms with Gasteiger partial charge in [-0.15, -0.1) is 11.8 Å². The van der Waals surface area contributed by atoms with Gasteiger partial charge in [0.25, 0.3) is 0 Å². The summed E-state index contributed by atoms with van der Waals surface area (Å²) in [5, 5.41) is 9.64. The number of thioether (sulfide) groups is 1. The third-order valence-corrected chi connectivity index (χ3v) is 6.61. The van der Waals surface area contributed by atoms with Gasteiger partial charge in [-0.2, -0.15) is 10.2 Å². The van der Waals surface area contributed by atoms with E-state index in [2.05, 4.69) is 61.9 Å². The van der Waals surface area contributed by atoms with Gasteiger partial charge in [0.2, 0.25) is 0 Å². The van der Waals surface area contributed by atoms with Crippen LogP contribution in [-0.4, -0.2) is 10.9 Å². The SMILES string of the molecule is CCC(C)N=NC(SCc1ccc(C)cc1)(C1CC1)C1CC1. The van der Waals surface area contributed by atoms with Gasteiger partial charge in [-0.1, -0.05) is 36.8 Å². The number of hydrogen-bond donors (Lipinski definition) is 0. The number of azo groups is 1. The molecule has 0 amide bonds. The number of hydrogen-bond acceptors (Lipinski definition) is 3. The highest BCUT2D eigenvalue weighted by molar-refractivity contribution is 7.99. The van der Waals surface area contributed by atoms with Crippen LogP contribution in [0.1, 0.15) is 57.1 Å². The monoisotopic (exact) mass is 316 g/mol. The summed E-state index contributed by atoms with van der Waals surface area (Å²) in [6.45, 7) is 6.52. The normalized spacial score (nSPS) is 20.5. The molecule has 0 spiro atoms. The smallest absolute Gasteiger partial charge is 0.132 e. The Labute approximate surface area is 139 Å². The summed E-state index contributed by atoms with van der Waals surface area (Å²) in [5.41, 5.74) is 2.75. The lowest BCUT2D eigenvalue weighted by atomic mass is 10.1. The zero-order valence-corrected chi connectivity index (χ0v) is 14.9. The molecule has 0 saturated heterocycles. The Kier molecular flexibility index (Phi) is 4.91. The molecule has 22 heavy (non-hydrogen) atoms. The Morgan fingerprint density at radius 2 is 1.73 bits per heavy atom. The molecule has 120 valence electrons. The van der Waals surface area contributed by atoms with Crippen molar-refractivity contribution < 1.29 is 0 Å². The number of benzene rings is 1. The van der Waals surface area contributed by atoms with E-state index in [9.17, 15) is 0 Å². The van der Waals surface area contributed by atoms with E-state index in [0.717, 1.165) is 24.0 Å². The summed E-state index contributed by atoms with van der Waals surface area (Å²) in [6, 6.07) is 9.31. The van der Waals surface area contributed by atoms with Crippen LogP contribution in [0.2, 0.25) is 0 Å². The van der Waals surface area contributed by atoms with Crippen molar-refractivity contribution in [2.45, 2.75) is 69.5 Å². The summed E-state index contributed by atoms with van der Waals surface area (Å²) in [5.74, 6) is 2.60. The molecule has 3 rings (SSSR count). The van der Waals surface area contributed by atoms with Crippen molar-refractivity contribution >= 4 is 11.8 Å². The van der Waals surface area contributed by atoms with Gasteiger partial charge < -0.3 is 0 Å². The van der Waals surface area contributed by atoms with Crippen molar-refractivity contribution in [3.8, 4) is 0 Å². The van der Waals surface area contributed by atoms with Gasteiger partial charge in [-0.05, 0) is 63.4 Å². The molecular formula is C19H28N2S. The minimum Gasteiger partial charge on any atom is -0.190 e. The van der Waals surface area contributed by atoms with Crippen LogP contribution in [0.25, 0.3) is 0 Å².